The summed E-state index contributed by atoms with van der Waals surface area (Å²) in [7, 11) is 1.66. The summed E-state index contributed by atoms with van der Waals surface area (Å²) in [6, 6.07) is 4.05. The molecule has 4 heteroatoms. The smallest absolute Gasteiger partial charge is 0.175 e. The van der Waals surface area contributed by atoms with Crippen LogP contribution in [0.15, 0.2) is 22.2 Å². The number of benzene rings is 1. The van der Waals surface area contributed by atoms with Crippen molar-refractivity contribution >= 4 is 37.9 Å². The van der Waals surface area contributed by atoms with Crippen molar-refractivity contribution in [3.8, 4) is 11.5 Å². The molecule has 1 aromatic carbocycles. The zero-order chi connectivity index (χ0) is 14.4. The lowest BCUT2D eigenvalue weighted by Crippen LogP contribution is -1.98. The van der Waals surface area contributed by atoms with E-state index < -0.39 is 0 Å². The first-order chi connectivity index (χ1) is 9.03. The van der Waals surface area contributed by atoms with E-state index >= 15 is 0 Å². The molecule has 1 rings (SSSR count). The number of alkyl halides is 1. The number of allylic oxidation sites excluding steroid dienone is 1. The van der Waals surface area contributed by atoms with E-state index in [2.05, 4.69) is 57.8 Å². The first kappa shape index (κ1) is 16.6. The maximum Gasteiger partial charge on any atom is 0.175 e. The Morgan fingerprint density at radius 2 is 2.05 bits per heavy atom. The highest BCUT2D eigenvalue weighted by Crippen LogP contribution is 2.37. The van der Waals surface area contributed by atoms with Crippen LogP contribution in [0.4, 0.5) is 0 Å². The number of halogens is 2. The lowest BCUT2D eigenvalue weighted by molar-refractivity contribution is 0.309. The van der Waals surface area contributed by atoms with Gasteiger partial charge in [-0.3, -0.25) is 0 Å². The summed E-state index contributed by atoms with van der Waals surface area (Å²) < 4.78 is 11.9. The van der Waals surface area contributed by atoms with Gasteiger partial charge in [0.15, 0.2) is 11.5 Å². The van der Waals surface area contributed by atoms with Gasteiger partial charge in [-0.15, -0.1) is 0 Å². The third-order valence-corrected chi connectivity index (χ3v) is 4.02. The van der Waals surface area contributed by atoms with Crippen LogP contribution in [0.1, 0.15) is 26.3 Å². The topological polar surface area (TPSA) is 18.5 Å². The van der Waals surface area contributed by atoms with Crippen molar-refractivity contribution < 1.29 is 9.47 Å². The Bertz CT molecular complexity index is 454. The largest absolute Gasteiger partial charge is 0.493 e. The van der Waals surface area contributed by atoms with Gasteiger partial charge in [0.2, 0.25) is 0 Å². The highest BCUT2D eigenvalue weighted by atomic mass is 79.9. The van der Waals surface area contributed by atoms with Crippen LogP contribution in [0.2, 0.25) is 0 Å². The van der Waals surface area contributed by atoms with Crippen molar-refractivity contribution in [1.82, 2.24) is 0 Å². The molecule has 0 bridgehead atoms. The van der Waals surface area contributed by atoms with E-state index in [0.717, 1.165) is 26.9 Å². The SMILES string of the molecule is CCOc1c(Br)cc(C=C(CBr)C(C)C)cc1OC. The first-order valence-electron chi connectivity index (χ1n) is 6.30. The van der Waals surface area contributed by atoms with Gasteiger partial charge in [-0.25, -0.2) is 0 Å². The molecule has 0 unspecified atom stereocenters. The van der Waals surface area contributed by atoms with Gasteiger partial charge < -0.3 is 9.47 Å². The Morgan fingerprint density at radius 1 is 1.37 bits per heavy atom. The van der Waals surface area contributed by atoms with Crippen LogP contribution in [0.5, 0.6) is 11.5 Å². The van der Waals surface area contributed by atoms with Gasteiger partial charge >= 0.3 is 0 Å². The van der Waals surface area contributed by atoms with Crippen molar-refractivity contribution in [2.45, 2.75) is 20.8 Å². The van der Waals surface area contributed by atoms with Gasteiger partial charge in [0, 0.05) is 5.33 Å². The summed E-state index contributed by atoms with van der Waals surface area (Å²) in [6.45, 7) is 6.95. The molecular weight excluding hydrogens is 372 g/mol. The highest BCUT2D eigenvalue weighted by Gasteiger charge is 2.11. The number of rotatable bonds is 6. The Labute approximate surface area is 132 Å². The summed E-state index contributed by atoms with van der Waals surface area (Å²) in [4.78, 5) is 0. The van der Waals surface area contributed by atoms with E-state index in [0.29, 0.717) is 12.5 Å². The van der Waals surface area contributed by atoms with E-state index in [-0.39, 0.29) is 0 Å². The molecule has 0 spiro atoms. The molecule has 0 atom stereocenters. The predicted octanol–water partition coefficient (Wildman–Crippen LogP) is 5.29. The number of hydrogen-bond donors (Lipinski definition) is 0. The monoisotopic (exact) mass is 390 g/mol. The molecule has 0 aliphatic heterocycles. The van der Waals surface area contributed by atoms with Crippen LogP contribution in [0.3, 0.4) is 0 Å². The van der Waals surface area contributed by atoms with E-state index in [4.69, 9.17) is 9.47 Å². The molecule has 0 saturated heterocycles. The molecule has 0 N–H and O–H groups in total. The average molecular weight is 392 g/mol. The van der Waals surface area contributed by atoms with E-state index in [9.17, 15) is 0 Å². The lowest BCUT2D eigenvalue weighted by atomic mass is 10.0. The van der Waals surface area contributed by atoms with Crippen LogP contribution in [-0.2, 0) is 0 Å². The van der Waals surface area contributed by atoms with Crippen molar-refractivity contribution in [1.29, 1.82) is 0 Å². The van der Waals surface area contributed by atoms with Gasteiger partial charge in [0.1, 0.15) is 0 Å². The van der Waals surface area contributed by atoms with E-state index in [1.807, 2.05) is 13.0 Å². The molecule has 0 saturated carbocycles. The molecular formula is C15H20Br2O2. The molecule has 106 valence electrons. The van der Waals surface area contributed by atoms with Crippen molar-refractivity contribution in [3.63, 3.8) is 0 Å². The molecule has 0 heterocycles. The predicted molar refractivity (Wildman–Crippen MR) is 88.5 cm³/mol. The van der Waals surface area contributed by atoms with Crippen LogP contribution in [-0.4, -0.2) is 19.0 Å². The standard InChI is InChI=1S/C15H20Br2O2/c1-5-19-15-13(17)7-11(8-14(15)18-4)6-12(9-16)10(2)3/h6-8,10H,5,9H2,1-4H3. The lowest BCUT2D eigenvalue weighted by Gasteiger charge is -2.13. The second kappa shape index (κ2) is 7.95. The highest BCUT2D eigenvalue weighted by molar-refractivity contribution is 9.10. The van der Waals surface area contributed by atoms with Gasteiger partial charge in [-0.2, -0.15) is 0 Å². The van der Waals surface area contributed by atoms with Gasteiger partial charge in [-0.05, 0) is 46.5 Å². The summed E-state index contributed by atoms with van der Waals surface area (Å²) in [5.41, 5.74) is 2.45. The minimum Gasteiger partial charge on any atom is -0.493 e. The molecule has 0 aliphatic carbocycles. The molecule has 1 aromatic rings. The van der Waals surface area contributed by atoms with Gasteiger partial charge in [0.25, 0.3) is 0 Å². The summed E-state index contributed by atoms with van der Waals surface area (Å²) in [5.74, 6) is 2.02. The minimum atomic E-state index is 0.510. The second-order valence-electron chi connectivity index (χ2n) is 4.47. The summed E-state index contributed by atoms with van der Waals surface area (Å²) in [6.07, 6.45) is 2.18. The third kappa shape index (κ3) is 4.53. The molecule has 0 aliphatic rings. The molecule has 0 radical (unpaired) electrons. The van der Waals surface area contributed by atoms with Crippen molar-refractivity contribution in [2.75, 3.05) is 19.0 Å². The Morgan fingerprint density at radius 3 is 2.53 bits per heavy atom. The van der Waals surface area contributed by atoms with Crippen LogP contribution >= 0.6 is 31.9 Å². The van der Waals surface area contributed by atoms with Crippen LogP contribution in [0, 0.1) is 5.92 Å². The average Bonchev–Trinajstić information content (AvgIpc) is 2.38. The maximum atomic E-state index is 5.59. The number of methoxy groups -OCH3 is 1. The fraction of sp³-hybridized carbons (Fsp3) is 0.467. The van der Waals surface area contributed by atoms with Gasteiger partial charge in [-0.1, -0.05) is 41.4 Å². The van der Waals surface area contributed by atoms with E-state index in [1.54, 1.807) is 7.11 Å². The Hall–Kier alpha value is -0.480. The minimum absolute atomic E-state index is 0.510. The Kier molecular flexibility index (Phi) is 6.94. The summed E-state index contributed by atoms with van der Waals surface area (Å²) >= 11 is 7.07. The van der Waals surface area contributed by atoms with Crippen molar-refractivity contribution in [2.24, 2.45) is 5.92 Å². The van der Waals surface area contributed by atoms with Gasteiger partial charge in [0.05, 0.1) is 18.2 Å². The third-order valence-electron chi connectivity index (χ3n) is 2.79. The second-order valence-corrected chi connectivity index (χ2v) is 5.89. The van der Waals surface area contributed by atoms with Crippen LogP contribution in [0.25, 0.3) is 6.08 Å². The quantitative estimate of drug-likeness (QED) is 0.613. The molecule has 2 nitrogen and oxygen atoms in total. The molecule has 0 amide bonds. The van der Waals surface area contributed by atoms with E-state index in [1.165, 1.54) is 5.57 Å². The van der Waals surface area contributed by atoms with Crippen LogP contribution < -0.4 is 9.47 Å². The maximum absolute atomic E-state index is 5.59. The number of hydrogen-bond acceptors (Lipinski definition) is 2. The molecule has 19 heavy (non-hydrogen) atoms. The summed E-state index contributed by atoms with van der Waals surface area (Å²) in [5, 5.41) is 0.873. The Balaban J connectivity index is 3.21. The fourth-order valence-electron chi connectivity index (χ4n) is 1.68. The van der Waals surface area contributed by atoms with Crippen molar-refractivity contribution in [3.05, 3.63) is 27.7 Å². The first-order valence-corrected chi connectivity index (χ1v) is 8.21. The zero-order valence-corrected chi connectivity index (χ0v) is 15.0. The molecule has 0 fully saturated rings. The fourth-order valence-corrected chi connectivity index (χ4v) is 3.06. The molecule has 0 aromatic heterocycles. The normalized spacial score (nSPS) is 11.8. The zero-order valence-electron chi connectivity index (χ0n) is 11.8. The number of ether oxygens (including phenoxy) is 2.